The van der Waals surface area contributed by atoms with Crippen molar-refractivity contribution in [3.63, 3.8) is 0 Å². The fraction of sp³-hybridized carbons (Fsp3) is 0.500. The smallest absolute Gasteiger partial charge is 0.238 e. The van der Waals surface area contributed by atoms with Gasteiger partial charge >= 0.3 is 0 Å². The van der Waals surface area contributed by atoms with Gasteiger partial charge in [0.25, 0.3) is 0 Å². The van der Waals surface area contributed by atoms with Crippen LogP contribution in [0.3, 0.4) is 0 Å². The quantitative estimate of drug-likeness (QED) is 0.844. The molecule has 1 heterocycles. The van der Waals surface area contributed by atoms with Crippen molar-refractivity contribution in [2.75, 3.05) is 19.3 Å². The predicted octanol–water partition coefficient (Wildman–Crippen LogP) is 0.423. The lowest BCUT2D eigenvalue weighted by molar-refractivity contribution is -0.120. The van der Waals surface area contributed by atoms with Gasteiger partial charge in [-0.25, -0.2) is 8.42 Å². The Hall–Kier alpha value is -1.40. The standard InChI is InChI=1S/C14H20N2O3S/c1-10(20(2,18)19)14(17)16-9-13-12-6-4-3-5-11(12)7-8-15-13/h3-6,10,13,15H,7-9H2,1-2H3,(H,16,17). The summed E-state index contributed by atoms with van der Waals surface area (Å²) in [5, 5.41) is 5.05. The number of nitrogens with one attached hydrogen (secondary N) is 2. The Morgan fingerprint density at radius 3 is 2.85 bits per heavy atom. The maximum atomic E-state index is 11.8. The van der Waals surface area contributed by atoms with Gasteiger partial charge in [-0.3, -0.25) is 4.79 Å². The van der Waals surface area contributed by atoms with Crippen LogP contribution >= 0.6 is 0 Å². The molecule has 0 fully saturated rings. The molecular formula is C14H20N2O3S. The minimum Gasteiger partial charge on any atom is -0.353 e. The van der Waals surface area contributed by atoms with E-state index in [4.69, 9.17) is 0 Å². The van der Waals surface area contributed by atoms with Crippen LogP contribution in [0.1, 0.15) is 24.1 Å². The van der Waals surface area contributed by atoms with Crippen molar-refractivity contribution in [2.24, 2.45) is 0 Å². The zero-order valence-corrected chi connectivity index (χ0v) is 12.5. The Bertz CT molecular complexity index is 598. The molecular weight excluding hydrogens is 276 g/mol. The second kappa shape index (κ2) is 5.93. The average molecular weight is 296 g/mol. The molecule has 2 N–H and O–H groups in total. The summed E-state index contributed by atoms with van der Waals surface area (Å²) < 4.78 is 22.7. The highest BCUT2D eigenvalue weighted by atomic mass is 32.2. The molecule has 6 heteroatoms. The van der Waals surface area contributed by atoms with E-state index < -0.39 is 21.0 Å². The first kappa shape index (κ1) is 15.0. The molecule has 2 atom stereocenters. The molecule has 1 aromatic rings. The minimum absolute atomic E-state index is 0.0376. The van der Waals surface area contributed by atoms with Crippen molar-refractivity contribution in [2.45, 2.75) is 24.6 Å². The van der Waals surface area contributed by atoms with Gasteiger partial charge in [-0.15, -0.1) is 0 Å². The van der Waals surface area contributed by atoms with Crippen LogP contribution < -0.4 is 10.6 Å². The van der Waals surface area contributed by atoms with Gasteiger partial charge in [-0.1, -0.05) is 24.3 Å². The summed E-state index contributed by atoms with van der Waals surface area (Å²) in [6, 6.07) is 8.14. The summed E-state index contributed by atoms with van der Waals surface area (Å²) >= 11 is 0. The van der Waals surface area contributed by atoms with Crippen molar-refractivity contribution in [3.8, 4) is 0 Å². The average Bonchev–Trinajstić information content (AvgIpc) is 2.42. The highest BCUT2D eigenvalue weighted by molar-refractivity contribution is 7.92. The Morgan fingerprint density at radius 1 is 1.45 bits per heavy atom. The third kappa shape index (κ3) is 3.37. The largest absolute Gasteiger partial charge is 0.353 e. The number of carbonyl (C=O) groups excluding carboxylic acids is 1. The van der Waals surface area contributed by atoms with Crippen LogP contribution in [0.5, 0.6) is 0 Å². The van der Waals surface area contributed by atoms with Crippen molar-refractivity contribution in [1.82, 2.24) is 10.6 Å². The lowest BCUT2D eigenvalue weighted by Gasteiger charge is -2.27. The van der Waals surface area contributed by atoms with Crippen molar-refractivity contribution in [1.29, 1.82) is 0 Å². The SMILES string of the molecule is CC(C(=O)NCC1NCCc2ccccc21)S(C)(=O)=O. The van der Waals surface area contributed by atoms with Crippen molar-refractivity contribution in [3.05, 3.63) is 35.4 Å². The van der Waals surface area contributed by atoms with Gasteiger partial charge in [0.2, 0.25) is 5.91 Å². The number of benzene rings is 1. The Morgan fingerprint density at radius 2 is 2.15 bits per heavy atom. The van der Waals surface area contributed by atoms with Gasteiger partial charge in [-0.2, -0.15) is 0 Å². The molecule has 20 heavy (non-hydrogen) atoms. The first-order valence-corrected chi connectivity index (χ1v) is 8.63. The van der Waals surface area contributed by atoms with Crippen LogP contribution in [-0.2, 0) is 21.1 Å². The topological polar surface area (TPSA) is 75.3 Å². The summed E-state index contributed by atoms with van der Waals surface area (Å²) in [6.07, 6.45) is 2.05. The number of carbonyl (C=O) groups is 1. The third-order valence-electron chi connectivity index (χ3n) is 3.71. The summed E-state index contributed by atoms with van der Waals surface area (Å²) in [6.45, 7) is 2.67. The van der Waals surface area contributed by atoms with E-state index in [-0.39, 0.29) is 6.04 Å². The second-order valence-electron chi connectivity index (χ2n) is 5.17. The highest BCUT2D eigenvalue weighted by Gasteiger charge is 2.25. The minimum atomic E-state index is -3.35. The molecule has 2 rings (SSSR count). The van der Waals surface area contributed by atoms with Crippen LogP contribution in [0.25, 0.3) is 0 Å². The fourth-order valence-corrected chi connectivity index (χ4v) is 2.79. The van der Waals surface area contributed by atoms with E-state index in [2.05, 4.69) is 16.7 Å². The van der Waals surface area contributed by atoms with Gasteiger partial charge < -0.3 is 10.6 Å². The molecule has 0 aliphatic carbocycles. The Labute approximate surface area is 119 Å². The number of hydrogen-bond acceptors (Lipinski definition) is 4. The lowest BCUT2D eigenvalue weighted by Crippen LogP contribution is -2.43. The zero-order valence-electron chi connectivity index (χ0n) is 11.7. The molecule has 1 aliphatic heterocycles. The first-order valence-electron chi connectivity index (χ1n) is 6.67. The predicted molar refractivity (Wildman–Crippen MR) is 78.2 cm³/mol. The van der Waals surface area contributed by atoms with E-state index in [1.165, 1.54) is 18.1 Å². The van der Waals surface area contributed by atoms with Gasteiger partial charge in [0.15, 0.2) is 9.84 Å². The van der Waals surface area contributed by atoms with E-state index in [0.29, 0.717) is 6.54 Å². The van der Waals surface area contributed by atoms with Crippen LogP contribution in [0.2, 0.25) is 0 Å². The van der Waals surface area contributed by atoms with E-state index >= 15 is 0 Å². The molecule has 110 valence electrons. The van der Waals surface area contributed by atoms with E-state index in [1.54, 1.807) is 0 Å². The molecule has 5 nitrogen and oxygen atoms in total. The number of hydrogen-bond donors (Lipinski definition) is 2. The Balaban J connectivity index is 2.01. The molecule has 1 amide bonds. The first-order chi connectivity index (χ1) is 9.39. The molecule has 1 aromatic carbocycles. The van der Waals surface area contributed by atoms with Crippen LogP contribution in [0, 0.1) is 0 Å². The molecule has 0 spiro atoms. The summed E-state index contributed by atoms with van der Waals surface area (Å²) in [7, 11) is -3.35. The maximum Gasteiger partial charge on any atom is 0.238 e. The van der Waals surface area contributed by atoms with Gasteiger partial charge in [0.1, 0.15) is 5.25 Å². The fourth-order valence-electron chi connectivity index (χ4n) is 2.32. The molecule has 2 unspecified atom stereocenters. The molecule has 0 saturated heterocycles. The summed E-state index contributed by atoms with van der Waals surface area (Å²) in [5.74, 6) is -0.447. The van der Waals surface area contributed by atoms with Gasteiger partial charge in [0, 0.05) is 18.8 Å². The molecule has 0 aromatic heterocycles. The van der Waals surface area contributed by atoms with Gasteiger partial charge in [0.05, 0.1) is 0 Å². The van der Waals surface area contributed by atoms with E-state index in [0.717, 1.165) is 19.2 Å². The summed E-state index contributed by atoms with van der Waals surface area (Å²) in [5.41, 5.74) is 2.45. The molecule has 0 bridgehead atoms. The van der Waals surface area contributed by atoms with Gasteiger partial charge in [-0.05, 0) is 31.0 Å². The Kier molecular flexibility index (Phi) is 4.45. The van der Waals surface area contributed by atoms with E-state index in [1.807, 2.05) is 18.2 Å². The number of rotatable bonds is 4. The summed E-state index contributed by atoms with van der Waals surface area (Å²) in [4.78, 5) is 11.8. The number of sulfone groups is 1. The molecule has 0 saturated carbocycles. The van der Waals surface area contributed by atoms with Crippen LogP contribution in [0.15, 0.2) is 24.3 Å². The maximum absolute atomic E-state index is 11.8. The zero-order chi connectivity index (χ0) is 14.8. The number of fused-ring (bicyclic) bond motifs is 1. The molecule has 1 aliphatic rings. The molecule has 0 radical (unpaired) electrons. The number of amides is 1. The van der Waals surface area contributed by atoms with E-state index in [9.17, 15) is 13.2 Å². The lowest BCUT2D eigenvalue weighted by atomic mass is 9.94. The van der Waals surface area contributed by atoms with Crippen molar-refractivity contribution < 1.29 is 13.2 Å². The second-order valence-corrected chi connectivity index (χ2v) is 7.54. The highest BCUT2D eigenvalue weighted by Crippen LogP contribution is 2.21. The van der Waals surface area contributed by atoms with Crippen molar-refractivity contribution >= 4 is 15.7 Å². The van der Waals surface area contributed by atoms with Crippen LogP contribution in [0.4, 0.5) is 0 Å². The normalized spacial score (nSPS) is 20.0. The van der Waals surface area contributed by atoms with Crippen LogP contribution in [-0.4, -0.2) is 38.9 Å². The third-order valence-corrected chi connectivity index (χ3v) is 5.21. The monoisotopic (exact) mass is 296 g/mol.